The van der Waals surface area contributed by atoms with Gasteiger partial charge >= 0.3 is 0 Å². The molecule has 1 aliphatic carbocycles. The first-order valence-corrected chi connectivity index (χ1v) is 6.63. The van der Waals surface area contributed by atoms with Crippen LogP contribution in [0.5, 0.6) is 0 Å². The van der Waals surface area contributed by atoms with Crippen LogP contribution >= 0.6 is 0 Å². The van der Waals surface area contributed by atoms with Gasteiger partial charge in [-0.05, 0) is 25.3 Å². The highest BCUT2D eigenvalue weighted by atomic mass is 19.1. The molecule has 0 unspecified atom stereocenters. The molecular formula is C14H20FN3O2. The third kappa shape index (κ3) is 2.91. The average molecular weight is 281 g/mol. The summed E-state index contributed by atoms with van der Waals surface area (Å²) in [5.74, 6) is -0.688. The largest absolute Gasteiger partial charge is 0.409 e. The highest BCUT2D eigenvalue weighted by molar-refractivity contribution is 5.97. The van der Waals surface area contributed by atoms with Gasteiger partial charge in [-0.3, -0.25) is 0 Å². The fourth-order valence-electron chi connectivity index (χ4n) is 2.42. The lowest BCUT2D eigenvalue weighted by Crippen LogP contribution is -2.47. The van der Waals surface area contributed by atoms with E-state index < -0.39 is 5.82 Å². The van der Waals surface area contributed by atoms with Crippen molar-refractivity contribution in [1.82, 2.24) is 5.32 Å². The number of halogens is 1. The van der Waals surface area contributed by atoms with Crippen LogP contribution in [-0.2, 0) is 11.3 Å². The molecule has 0 amide bonds. The number of nitrogens with zero attached hydrogens (tertiary/aromatic N) is 1. The molecule has 4 N–H and O–H groups in total. The van der Waals surface area contributed by atoms with Gasteiger partial charge in [0.1, 0.15) is 5.82 Å². The molecule has 0 aliphatic heterocycles. The molecule has 1 aromatic carbocycles. The summed E-state index contributed by atoms with van der Waals surface area (Å²) < 4.78 is 19.7. The second-order valence-corrected chi connectivity index (χ2v) is 5.11. The summed E-state index contributed by atoms with van der Waals surface area (Å²) in [5, 5.41) is 14.7. The number of nitrogens with one attached hydrogen (secondary N) is 1. The number of rotatable bonds is 6. The Morgan fingerprint density at radius 2 is 2.30 bits per heavy atom. The van der Waals surface area contributed by atoms with E-state index in [1.165, 1.54) is 12.5 Å². The summed E-state index contributed by atoms with van der Waals surface area (Å²) in [7, 11) is 1.71. The molecular weight excluding hydrogens is 261 g/mol. The fourth-order valence-corrected chi connectivity index (χ4v) is 2.42. The van der Waals surface area contributed by atoms with Gasteiger partial charge in [0.05, 0.1) is 11.2 Å². The average Bonchev–Trinajstić information content (AvgIpc) is 2.42. The Morgan fingerprint density at radius 1 is 1.55 bits per heavy atom. The Hall–Kier alpha value is -1.66. The van der Waals surface area contributed by atoms with Crippen LogP contribution in [0.1, 0.15) is 30.4 Å². The van der Waals surface area contributed by atoms with Gasteiger partial charge in [0.25, 0.3) is 0 Å². The minimum absolute atomic E-state index is 0.0975. The van der Waals surface area contributed by atoms with Crippen molar-refractivity contribution in [3.63, 3.8) is 0 Å². The summed E-state index contributed by atoms with van der Waals surface area (Å²) in [6.07, 6.45) is 3.23. The van der Waals surface area contributed by atoms with Crippen LogP contribution in [0.4, 0.5) is 4.39 Å². The number of benzene rings is 1. The third-order valence-electron chi connectivity index (χ3n) is 3.92. The quantitative estimate of drug-likeness (QED) is 0.320. The first-order chi connectivity index (χ1) is 9.62. The van der Waals surface area contributed by atoms with Crippen molar-refractivity contribution in [2.45, 2.75) is 31.4 Å². The van der Waals surface area contributed by atoms with Gasteiger partial charge < -0.3 is 21.0 Å². The van der Waals surface area contributed by atoms with Gasteiger partial charge in [-0.25, -0.2) is 4.39 Å². The molecule has 1 aliphatic rings. The van der Waals surface area contributed by atoms with Gasteiger partial charge in [0.2, 0.25) is 0 Å². The van der Waals surface area contributed by atoms with Crippen molar-refractivity contribution < 1.29 is 14.3 Å². The Bertz CT molecular complexity index is 496. The zero-order valence-electron chi connectivity index (χ0n) is 11.5. The molecule has 0 saturated heterocycles. The van der Waals surface area contributed by atoms with E-state index in [4.69, 9.17) is 15.7 Å². The predicted molar refractivity (Wildman–Crippen MR) is 74.2 cm³/mol. The Labute approximate surface area is 117 Å². The lowest BCUT2D eigenvalue weighted by atomic mass is 9.80. The number of hydrogen-bond donors (Lipinski definition) is 3. The first kappa shape index (κ1) is 14.7. The van der Waals surface area contributed by atoms with E-state index in [0.29, 0.717) is 18.7 Å². The molecule has 0 bridgehead atoms. The number of amidine groups is 1. The summed E-state index contributed by atoms with van der Waals surface area (Å²) in [6, 6.07) is 4.84. The van der Waals surface area contributed by atoms with Crippen molar-refractivity contribution in [3.8, 4) is 0 Å². The molecule has 0 aromatic heterocycles. The zero-order chi connectivity index (χ0) is 14.6. The van der Waals surface area contributed by atoms with Gasteiger partial charge in [0, 0.05) is 25.8 Å². The molecule has 20 heavy (non-hydrogen) atoms. The molecule has 5 nitrogen and oxygen atoms in total. The maximum atomic E-state index is 14.2. The van der Waals surface area contributed by atoms with E-state index in [1.54, 1.807) is 19.2 Å². The lowest BCUT2D eigenvalue weighted by Gasteiger charge is -2.40. The molecule has 0 radical (unpaired) electrons. The van der Waals surface area contributed by atoms with Crippen LogP contribution in [0.25, 0.3) is 0 Å². The van der Waals surface area contributed by atoms with E-state index in [-0.39, 0.29) is 17.0 Å². The SMILES string of the molecule is COC1(CNCc2cccc(/C(N)=N/O)c2F)CCC1. The maximum Gasteiger partial charge on any atom is 0.173 e. The molecule has 2 rings (SSSR count). The molecule has 0 spiro atoms. The molecule has 6 heteroatoms. The molecule has 1 aromatic rings. The van der Waals surface area contributed by atoms with Crippen LogP contribution < -0.4 is 11.1 Å². The smallest absolute Gasteiger partial charge is 0.173 e. The van der Waals surface area contributed by atoms with Crippen molar-refractivity contribution in [2.24, 2.45) is 10.9 Å². The zero-order valence-corrected chi connectivity index (χ0v) is 11.5. The number of nitrogens with two attached hydrogens (primary N) is 1. The van der Waals surface area contributed by atoms with E-state index >= 15 is 0 Å². The molecule has 1 fully saturated rings. The first-order valence-electron chi connectivity index (χ1n) is 6.63. The summed E-state index contributed by atoms with van der Waals surface area (Å²) in [4.78, 5) is 0. The highest BCUT2D eigenvalue weighted by Crippen LogP contribution is 2.34. The molecule has 0 atom stereocenters. The molecule has 0 heterocycles. The number of methoxy groups -OCH3 is 1. The summed E-state index contributed by atoms with van der Waals surface area (Å²) in [5.41, 5.74) is 5.93. The van der Waals surface area contributed by atoms with Crippen molar-refractivity contribution in [1.29, 1.82) is 0 Å². The minimum atomic E-state index is -0.463. The van der Waals surface area contributed by atoms with Gasteiger partial charge in [-0.15, -0.1) is 0 Å². The number of ether oxygens (including phenoxy) is 1. The standard InChI is InChI=1S/C14H20FN3O2/c1-20-14(6-3-7-14)9-17-8-10-4-2-5-11(12(10)15)13(16)18-19/h2,4-5,17,19H,3,6-9H2,1H3,(H2,16,18). The van der Waals surface area contributed by atoms with Gasteiger partial charge in [-0.2, -0.15) is 0 Å². The van der Waals surface area contributed by atoms with E-state index in [1.807, 2.05) is 0 Å². The Kier molecular flexibility index (Phi) is 4.57. The highest BCUT2D eigenvalue weighted by Gasteiger charge is 2.36. The lowest BCUT2D eigenvalue weighted by molar-refractivity contribution is -0.0695. The number of oxime groups is 1. The topological polar surface area (TPSA) is 79.9 Å². The monoisotopic (exact) mass is 281 g/mol. The van der Waals surface area contributed by atoms with Crippen LogP contribution in [0.3, 0.4) is 0 Å². The van der Waals surface area contributed by atoms with Crippen molar-refractivity contribution >= 4 is 5.84 Å². The summed E-state index contributed by atoms with van der Waals surface area (Å²) >= 11 is 0. The van der Waals surface area contributed by atoms with E-state index in [0.717, 1.165) is 12.8 Å². The van der Waals surface area contributed by atoms with Crippen LogP contribution in [0.2, 0.25) is 0 Å². The third-order valence-corrected chi connectivity index (χ3v) is 3.92. The maximum absolute atomic E-state index is 14.2. The second kappa shape index (κ2) is 6.19. The second-order valence-electron chi connectivity index (χ2n) is 5.11. The Morgan fingerprint density at radius 3 is 2.85 bits per heavy atom. The Balaban J connectivity index is 1.99. The number of hydrogen-bond acceptors (Lipinski definition) is 4. The molecule has 110 valence electrons. The predicted octanol–water partition coefficient (Wildman–Crippen LogP) is 1.58. The normalized spacial score (nSPS) is 17.8. The minimum Gasteiger partial charge on any atom is -0.409 e. The fraction of sp³-hybridized carbons (Fsp3) is 0.500. The van der Waals surface area contributed by atoms with Gasteiger partial charge in [-0.1, -0.05) is 17.3 Å². The summed E-state index contributed by atoms with van der Waals surface area (Å²) in [6.45, 7) is 1.07. The van der Waals surface area contributed by atoms with Crippen LogP contribution in [0, 0.1) is 5.82 Å². The van der Waals surface area contributed by atoms with E-state index in [2.05, 4.69) is 10.5 Å². The van der Waals surface area contributed by atoms with Crippen LogP contribution in [-0.4, -0.2) is 30.3 Å². The van der Waals surface area contributed by atoms with Gasteiger partial charge in [0.15, 0.2) is 5.84 Å². The van der Waals surface area contributed by atoms with Crippen LogP contribution in [0.15, 0.2) is 23.4 Å². The van der Waals surface area contributed by atoms with Crippen molar-refractivity contribution in [3.05, 3.63) is 35.1 Å². The van der Waals surface area contributed by atoms with E-state index in [9.17, 15) is 4.39 Å². The van der Waals surface area contributed by atoms with Crippen molar-refractivity contribution in [2.75, 3.05) is 13.7 Å². The molecule has 1 saturated carbocycles.